The van der Waals surface area contributed by atoms with Crippen LogP contribution >= 0.6 is 0 Å². The van der Waals surface area contributed by atoms with Gasteiger partial charge in [-0.15, -0.1) is 0 Å². The van der Waals surface area contributed by atoms with Crippen LogP contribution in [0.2, 0.25) is 0 Å². The van der Waals surface area contributed by atoms with Crippen molar-refractivity contribution in [2.24, 2.45) is 0 Å². The van der Waals surface area contributed by atoms with Gasteiger partial charge in [0.15, 0.2) is 5.82 Å². The summed E-state index contributed by atoms with van der Waals surface area (Å²) in [6.07, 6.45) is 0.167. The van der Waals surface area contributed by atoms with E-state index in [-0.39, 0.29) is 12.3 Å². The van der Waals surface area contributed by atoms with E-state index in [1.165, 1.54) is 0 Å². The van der Waals surface area contributed by atoms with Crippen LogP contribution in [0, 0.1) is 6.92 Å². The zero-order valence-electron chi connectivity index (χ0n) is 10.5. The van der Waals surface area contributed by atoms with Gasteiger partial charge in [-0.25, -0.2) is 0 Å². The van der Waals surface area contributed by atoms with Crippen molar-refractivity contribution in [3.8, 4) is 0 Å². The fourth-order valence-corrected chi connectivity index (χ4v) is 1.63. The molecule has 0 saturated carbocycles. The molecule has 0 bridgehead atoms. The maximum absolute atomic E-state index is 11.9. The highest BCUT2D eigenvalue weighted by Gasteiger charge is 2.13. The predicted molar refractivity (Wildman–Crippen MR) is 65.7 cm³/mol. The van der Waals surface area contributed by atoms with Crippen LogP contribution in [0.1, 0.15) is 17.3 Å². The SMILES string of the molecule is Cc1nc(CC(=O)N(C)Cc2ccccc2)no1. The van der Waals surface area contributed by atoms with Gasteiger partial charge in [-0.3, -0.25) is 4.79 Å². The normalized spacial score (nSPS) is 10.3. The van der Waals surface area contributed by atoms with Gasteiger partial charge < -0.3 is 9.42 Å². The lowest BCUT2D eigenvalue weighted by atomic mass is 10.2. The summed E-state index contributed by atoms with van der Waals surface area (Å²) < 4.78 is 4.83. The number of carbonyl (C=O) groups is 1. The quantitative estimate of drug-likeness (QED) is 0.820. The Balaban J connectivity index is 1.93. The van der Waals surface area contributed by atoms with E-state index in [1.54, 1.807) is 18.9 Å². The Hall–Kier alpha value is -2.17. The van der Waals surface area contributed by atoms with Gasteiger partial charge in [0, 0.05) is 20.5 Å². The second-order valence-electron chi connectivity index (χ2n) is 4.14. The van der Waals surface area contributed by atoms with Crippen LogP contribution in [0.25, 0.3) is 0 Å². The molecule has 18 heavy (non-hydrogen) atoms. The third kappa shape index (κ3) is 3.16. The van der Waals surface area contributed by atoms with Gasteiger partial charge in [-0.05, 0) is 5.56 Å². The molecule has 2 rings (SSSR count). The van der Waals surface area contributed by atoms with Crippen LogP contribution in [0.4, 0.5) is 0 Å². The topological polar surface area (TPSA) is 59.2 Å². The number of rotatable bonds is 4. The Labute approximate surface area is 105 Å². The van der Waals surface area contributed by atoms with Gasteiger partial charge in [0.2, 0.25) is 11.8 Å². The smallest absolute Gasteiger partial charge is 0.230 e. The summed E-state index contributed by atoms with van der Waals surface area (Å²) in [4.78, 5) is 17.6. The van der Waals surface area contributed by atoms with Crippen molar-refractivity contribution in [3.05, 3.63) is 47.6 Å². The molecule has 5 nitrogen and oxygen atoms in total. The van der Waals surface area contributed by atoms with E-state index in [4.69, 9.17) is 4.52 Å². The number of hydrogen-bond acceptors (Lipinski definition) is 4. The summed E-state index contributed by atoms with van der Waals surface area (Å²) in [5.74, 6) is 0.876. The van der Waals surface area contributed by atoms with Gasteiger partial charge in [0.1, 0.15) is 0 Å². The van der Waals surface area contributed by atoms with Crippen molar-refractivity contribution < 1.29 is 9.32 Å². The van der Waals surface area contributed by atoms with E-state index in [2.05, 4.69) is 10.1 Å². The van der Waals surface area contributed by atoms with Crippen LogP contribution in [-0.2, 0) is 17.8 Å². The number of amides is 1. The van der Waals surface area contributed by atoms with Crippen LogP contribution in [0.5, 0.6) is 0 Å². The average molecular weight is 245 g/mol. The second kappa shape index (κ2) is 5.44. The summed E-state index contributed by atoms with van der Waals surface area (Å²) in [5.41, 5.74) is 1.10. The van der Waals surface area contributed by atoms with Crippen LogP contribution in [0.3, 0.4) is 0 Å². The number of aryl methyl sites for hydroxylation is 1. The maximum Gasteiger partial charge on any atom is 0.230 e. The molecule has 1 aromatic heterocycles. The molecule has 0 N–H and O–H groups in total. The summed E-state index contributed by atoms with van der Waals surface area (Å²) in [6.45, 7) is 2.28. The van der Waals surface area contributed by atoms with Gasteiger partial charge in [0.05, 0.1) is 6.42 Å². The Kier molecular flexibility index (Phi) is 3.72. The van der Waals surface area contributed by atoms with Gasteiger partial charge in [-0.1, -0.05) is 35.5 Å². The summed E-state index contributed by atoms with van der Waals surface area (Å²) in [5, 5.41) is 3.71. The largest absolute Gasteiger partial charge is 0.341 e. The van der Waals surface area contributed by atoms with Crippen molar-refractivity contribution in [1.82, 2.24) is 15.0 Å². The minimum atomic E-state index is -0.0281. The number of benzene rings is 1. The minimum Gasteiger partial charge on any atom is -0.341 e. The number of aromatic nitrogens is 2. The molecule has 0 fully saturated rings. The van der Waals surface area contributed by atoms with Crippen molar-refractivity contribution in [1.29, 1.82) is 0 Å². The molecule has 0 radical (unpaired) electrons. The van der Waals surface area contributed by atoms with E-state index >= 15 is 0 Å². The third-order valence-electron chi connectivity index (χ3n) is 2.57. The Morgan fingerprint density at radius 2 is 2.06 bits per heavy atom. The molecule has 1 heterocycles. The molecule has 0 unspecified atom stereocenters. The maximum atomic E-state index is 11.9. The van der Waals surface area contributed by atoms with Gasteiger partial charge >= 0.3 is 0 Å². The first-order valence-corrected chi connectivity index (χ1v) is 5.72. The zero-order valence-corrected chi connectivity index (χ0v) is 10.5. The summed E-state index contributed by atoms with van der Waals surface area (Å²) in [7, 11) is 1.77. The molecule has 1 aromatic carbocycles. The fourth-order valence-electron chi connectivity index (χ4n) is 1.63. The predicted octanol–water partition coefficient (Wildman–Crippen LogP) is 1.58. The molecular weight excluding hydrogens is 230 g/mol. The molecule has 0 aliphatic heterocycles. The monoisotopic (exact) mass is 245 g/mol. The lowest BCUT2D eigenvalue weighted by Crippen LogP contribution is -2.28. The van der Waals surface area contributed by atoms with Gasteiger partial charge in [0.25, 0.3) is 0 Å². The molecule has 0 aliphatic carbocycles. The van der Waals surface area contributed by atoms with Crippen molar-refractivity contribution in [2.45, 2.75) is 19.9 Å². The number of carbonyl (C=O) groups excluding carboxylic acids is 1. The van der Waals surface area contributed by atoms with Crippen LogP contribution in [-0.4, -0.2) is 28.0 Å². The summed E-state index contributed by atoms with van der Waals surface area (Å²) in [6, 6.07) is 9.84. The molecule has 0 spiro atoms. The van der Waals surface area contributed by atoms with E-state index < -0.39 is 0 Å². The first kappa shape index (κ1) is 12.3. The number of likely N-dealkylation sites (N-methyl/N-ethyl adjacent to an activating group) is 1. The molecule has 0 saturated heterocycles. The molecular formula is C13H15N3O2. The first-order valence-electron chi connectivity index (χ1n) is 5.72. The highest BCUT2D eigenvalue weighted by molar-refractivity contribution is 5.77. The standard InChI is InChI=1S/C13H15N3O2/c1-10-14-12(15-18-10)8-13(17)16(2)9-11-6-4-3-5-7-11/h3-7H,8-9H2,1-2H3. The highest BCUT2D eigenvalue weighted by Crippen LogP contribution is 2.05. The third-order valence-corrected chi connectivity index (χ3v) is 2.57. The molecule has 2 aromatic rings. The molecule has 0 atom stereocenters. The molecule has 5 heteroatoms. The lowest BCUT2D eigenvalue weighted by molar-refractivity contribution is -0.129. The highest BCUT2D eigenvalue weighted by atomic mass is 16.5. The molecule has 94 valence electrons. The van der Waals surface area contributed by atoms with Crippen LogP contribution in [0.15, 0.2) is 34.9 Å². The fraction of sp³-hybridized carbons (Fsp3) is 0.308. The van der Waals surface area contributed by atoms with E-state index in [0.717, 1.165) is 5.56 Å². The second-order valence-corrected chi connectivity index (χ2v) is 4.14. The van der Waals surface area contributed by atoms with Crippen molar-refractivity contribution >= 4 is 5.91 Å². The lowest BCUT2D eigenvalue weighted by Gasteiger charge is -2.16. The zero-order chi connectivity index (χ0) is 13.0. The van der Waals surface area contributed by atoms with Crippen LogP contribution < -0.4 is 0 Å². The Bertz CT molecular complexity index is 522. The number of nitrogens with zero attached hydrogens (tertiary/aromatic N) is 3. The van der Waals surface area contributed by atoms with Crippen molar-refractivity contribution in [3.63, 3.8) is 0 Å². The Morgan fingerprint density at radius 1 is 1.33 bits per heavy atom. The molecule has 0 aliphatic rings. The summed E-state index contributed by atoms with van der Waals surface area (Å²) >= 11 is 0. The average Bonchev–Trinajstić information content (AvgIpc) is 2.76. The first-order chi connectivity index (χ1) is 8.65. The Morgan fingerprint density at radius 3 is 2.67 bits per heavy atom. The number of hydrogen-bond donors (Lipinski definition) is 0. The van der Waals surface area contributed by atoms with Crippen molar-refractivity contribution in [2.75, 3.05) is 7.05 Å². The van der Waals surface area contributed by atoms with E-state index in [1.807, 2.05) is 30.3 Å². The minimum absolute atomic E-state index is 0.0281. The van der Waals surface area contributed by atoms with E-state index in [9.17, 15) is 4.79 Å². The van der Waals surface area contributed by atoms with Gasteiger partial charge in [-0.2, -0.15) is 4.98 Å². The van der Waals surface area contributed by atoms with E-state index in [0.29, 0.717) is 18.3 Å². The molecule has 1 amide bonds.